The molecule has 1 aromatic carbocycles. The van der Waals surface area contributed by atoms with Crippen LogP contribution in [0.5, 0.6) is 5.75 Å². The lowest BCUT2D eigenvalue weighted by molar-refractivity contribution is -0.143. The normalized spacial score (nSPS) is 14.7. The number of aliphatic carboxylic acids is 1. The Labute approximate surface area is 133 Å². The van der Waals surface area contributed by atoms with Crippen molar-refractivity contribution in [1.82, 2.24) is 5.32 Å². The Morgan fingerprint density at radius 2 is 2.00 bits per heavy atom. The fraction of sp³-hybridized carbons (Fsp3) is 0.533. The number of aliphatic hydroxyl groups is 1. The zero-order valence-corrected chi connectivity index (χ0v) is 14.0. The van der Waals surface area contributed by atoms with Crippen molar-refractivity contribution in [2.75, 3.05) is 0 Å². The first-order valence-corrected chi connectivity index (χ1v) is 7.51. The quantitative estimate of drug-likeness (QED) is 0.626. The van der Waals surface area contributed by atoms with Gasteiger partial charge in [0.25, 0.3) is 0 Å². The molecule has 2 unspecified atom stereocenters. The molecular weight excluding hydrogens is 338 g/mol. The molecule has 1 aromatic rings. The molecule has 5 nitrogen and oxygen atoms in total. The molecule has 0 bridgehead atoms. The Balaban J connectivity index is 2.75. The van der Waals surface area contributed by atoms with Crippen LogP contribution in [-0.4, -0.2) is 33.4 Å². The van der Waals surface area contributed by atoms with Crippen LogP contribution in [0.2, 0.25) is 0 Å². The van der Waals surface area contributed by atoms with Gasteiger partial charge in [-0.1, -0.05) is 36.7 Å². The van der Waals surface area contributed by atoms with Crippen LogP contribution in [0.3, 0.4) is 0 Å². The van der Waals surface area contributed by atoms with E-state index in [1.54, 1.807) is 12.1 Å². The van der Waals surface area contributed by atoms with Crippen molar-refractivity contribution < 1.29 is 20.1 Å². The van der Waals surface area contributed by atoms with E-state index >= 15 is 0 Å². The van der Waals surface area contributed by atoms with Crippen LogP contribution < -0.4 is 5.32 Å². The standard InChI is InChI=1S/C15H22BrNO4/c1-15(2,3)7-12(19)13(14(20)21)17-8-9-6-10(18)4-5-11(9)16/h4-6,12-13,17-19H,7-8H2,1-3H3,(H,20,21). The van der Waals surface area contributed by atoms with E-state index in [0.29, 0.717) is 6.42 Å². The van der Waals surface area contributed by atoms with Crippen molar-refractivity contribution in [2.24, 2.45) is 5.41 Å². The maximum absolute atomic E-state index is 11.3. The molecule has 6 heteroatoms. The lowest BCUT2D eigenvalue weighted by Crippen LogP contribution is -2.47. The van der Waals surface area contributed by atoms with E-state index in [9.17, 15) is 20.1 Å². The summed E-state index contributed by atoms with van der Waals surface area (Å²) in [7, 11) is 0. The summed E-state index contributed by atoms with van der Waals surface area (Å²) in [5.41, 5.74) is 0.560. The minimum absolute atomic E-state index is 0.108. The monoisotopic (exact) mass is 359 g/mol. The summed E-state index contributed by atoms with van der Waals surface area (Å²) in [4.78, 5) is 11.3. The first-order valence-electron chi connectivity index (χ1n) is 6.72. The third kappa shape index (κ3) is 6.03. The van der Waals surface area contributed by atoms with Crippen LogP contribution in [0.4, 0.5) is 0 Å². The number of phenols is 1. The van der Waals surface area contributed by atoms with Crippen molar-refractivity contribution in [3.8, 4) is 5.75 Å². The van der Waals surface area contributed by atoms with Gasteiger partial charge in [0.2, 0.25) is 0 Å². The predicted octanol–water partition coefficient (Wildman–Crippen LogP) is 2.49. The molecule has 118 valence electrons. The summed E-state index contributed by atoms with van der Waals surface area (Å²) in [6.45, 7) is 6.07. The lowest BCUT2D eigenvalue weighted by atomic mass is 9.87. The van der Waals surface area contributed by atoms with Crippen LogP contribution >= 0.6 is 15.9 Å². The van der Waals surface area contributed by atoms with E-state index in [1.807, 2.05) is 20.8 Å². The molecule has 4 N–H and O–H groups in total. The van der Waals surface area contributed by atoms with Crippen molar-refractivity contribution in [2.45, 2.75) is 45.9 Å². The molecule has 0 heterocycles. The molecule has 0 saturated carbocycles. The summed E-state index contributed by atoms with van der Waals surface area (Å²) in [6.07, 6.45) is -0.614. The number of hydrogen-bond donors (Lipinski definition) is 4. The Hall–Kier alpha value is -1.11. The van der Waals surface area contributed by atoms with Gasteiger partial charge >= 0.3 is 5.97 Å². The zero-order valence-electron chi connectivity index (χ0n) is 12.4. The second-order valence-electron chi connectivity index (χ2n) is 6.30. The smallest absolute Gasteiger partial charge is 0.323 e. The van der Waals surface area contributed by atoms with Crippen LogP contribution in [-0.2, 0) is 11.3 Å². The first-order chi connectivity index (χ1) is 9.60. The Kier molecular flexibility index (Phi) is 6.19. The van der Waals surface area contributed by atoms with E-state index in [2.05, 4.69) is 21.2 Å². The number of carbonyl (C=O) groups is 1. The largest absolute Gasteiger partial charge is 0.508 e. The molecule has 0 radical (unpaired) electrons. The molecule has 0 aliphatic carbocycles. The predicted molar refractivity (Wildman–Crippen MR) is 84.1 cm³/mol. The SMILES string of the molecule is CC(C)(C)CC(O)C(NCc1cc(O)ccc1Br)C(=O)O. The number of halogens is 1. The van der Waals surface area contributed by atoms with Gasteiger partial charge in [-0.15, -0.1) is 0 Å². The molecule has 0 aliphatic rings. The molecule has 1 rings (SSSR count). The molecule has 21 heavy (non-hydrogen) atoms. The molecule has 0 fully saturated rings. The molecule has 0 spiro atoms. The first kappa shape index (κ1) is 17.9. The van der Waals surface area contributed by atoms with Gasteiger partial charge in [0, 0.05) is 11.0 Å². The maximum atomic E-state index is 11.3. The van der Waals surface area contributed by atoms with Gasteiger partial charge in [0.1, 0.15) is 11.8 Å². The van der Waals surface area contributed by atoms with Gasteiger partial charge in [-0.2, -0.15) is 0 Å². The highest BCUT2D eigenvalue weighted by Gasteiger charge is 2.29. The van der Waals surface area contributed by atoms with Crippen molar-refractivity contribution in [1.29, 1.82) is 0 Å². The highest BCUT2D eigenvalue weighted by Crippen LogP contribution is 2.24. The van der Waals surface area contributed by atoms with Crippen molar-refractivity contribution in [3.05, 3.63) is 28.2 Å². The number of rotatable bonds is 6. The summed E-state index contributed by atoms with van der Waals surface area (Å²) >= 11 is 3.34. The molecule has 0 aliphatic heterocycles. The van der Waals surface area contributed by atoms with Crippen LogP contribution in [0.1, 0.15) is 32.8 Å². The number of hydrogen-bond acceptors (Lipinski definition) is 4. The van der Waals surface area contributed by atoms with Crippen LogP contribution in [0, 0.1) is 5.41 Å². The number of phenolic OH excluding ortho intramolecular Hbond substituents is 1. The second kappa shape index (κ2) is 7.24. The van der Waals surface area contributed by atoms with Crippen LogP contribution in [0.15, 0.2) is 22.7 Å². The number of carboxylic acids is 1. The average molecular weight is 360 g/mol. The van der Waals surface area contributed by atoms with Gasteiger partial charge in [-0.3, -0.25) is 10.1 Å². The number of aromatic hydroxyl groups is 1. The summed E-state index contributed by atoms with van der Waals surface area (Å²) < 4.78 is 0.766. The highest BCUT2D eigenvalue weighted by atomic mass is 79.9. The minimum atomic E-state index is -1.09. The number of carboxylic acid groups (broad SMARTS) is 1. The summed E-state index contributed by atoms with van der Waals surface area (Å²) in [5, 5.41) is 31.7. The van der Waals surface area contributed by atoms with Gasteiger partial charge in [-0.25, -0.2) is 0 Å². The van der Waals surface area contributed by atoms with E-state index in [-0.39, 0.29) is 17.7 Å². The number of aliphatic hydroxyl groups excluding tert-OH is 1. The average Bonchev–Trinajstić information content (AvgIpc) is 2.31. The van der Waals surface area contributed by atoms with E-state index in [0.717, 1.165) is 10.0 Å². The number of nitrogens with one attached hydrogen (secondary N) is 1. The van der Waals surface area contributed by atoms with E-state index in [1.165, 1.54) is 6.07 Å². The third-order valence-corrected chi connectivity index (χ3v) is 3.79. The number of benzene rings is 1. The maximum Gasteiger partial charge on any atom is 0.323 e. The van der Waals surface area contributed by atoms with E-state index in [4.69, 9.17) is 0 Å². The van der Waals surface area contributed by atoms with Crippen molar-refractivity contribution >= 4 is 21.9 Å². The molecular formula is C15H22BrNO4. The van der Waals surface area contributed by atoms with E-state index < -0.39 is 18.1 Å². The molecule has 2 atom stereocenters. The fourth-order valence-corrected chi connectivity index (χ4v) is 2.44. The topological polar surface area (TPSA) is 89.8 Å². The Morgan fingerprint density at radius 3 is 2.52 bits per heavy atom. The summed E-state index contributed by atoms with van der Waals surface area (Å²) in [5.74, 6) is -0.986. The highest BCUT2D eigenvalue weighted by molar-refractivity contribution is 9.10. The van der Waals surface area contributed by atoms with Gasteiger partial charge < -0.3 is 15.3 Å². The lowest BCUT2D eigenvalue weighted by Gasteiger charge is -2.27. The zero-order chi connectivity index (χ0) is 16.2. The molecule has 0 saturated heterocycles. The molecule has 0 aromatic heterocycles. The second-order valence-corrected chi connectivity index (χ2v) is 7.16. The van der Waals surface area contributed by atoms with Gasteiger partial charge in [0.15, 0.2) is 0 Å². The third-order valence-electron chi connectivity index (χ3n) is 3.01. The Morgan fingerprint density at radius 1 is 1.38 bits per heavy atom. The molecule has 0 amide bonds. The minimum Gasteiger partial charge on any atom is -0.508 e. The van der Waals surface area contributed by atoms with Gasteiger partial charge in [0.05, 0.1) is 6.10 Å². The fourth-order valence-electron chi connectivity index (χ4n) is 2.05. The van der Waals surface area contributed by atoms with Gasteiger partial charge in [-0.05, 0) is 35.6 Å². The van der Waals surface area contributed by atoms with Crippen LogP contribution in [0.25, 0.3) is 0 Å². The Bertz CT molecular complexity index is 499. The summed E-state index contributed by atoms with van der Waals surface area (Å²) in [6, 6.07) is 3.72. The van der Waals surface area contributed by atoms with Crippen molar-refractivity contribution in [3.63, 3.8) is 0 Å².